The van der Waals surface area contributed by atoms with Gasteiger partial charge in [0, 0.05) is 5.56 Å². The Kier molecular flexibility index (Phi) is 7.19. The molecule has 0 heterocycles. The molecular formula is C23H27F3O3. The standard InChI is InChI=1S/C23H27F3O3/c1-3-28-21-11-10-19(22(25)23(21)26)16-5-7-17(8-6-16)29-13-15-4-9-18(14(2)27)20(24)12-15/h4,9-12,14,16-17,27H,3,5-8,13H2,1-2H3. The summed E-state index contributed by atoms with van der Waals surface area (Å²) < 4.78 is 53.5. The van der Waals surface area contributed by atoms with Crippen LogP contribution >= 0.6 is 0 Å². The Labute approximate surface area is 169 Å². The summed E-state index contributed by atoms with van der Waals surface area (Å²) in [7, 11) is 0. The van der Waals surface area contributed by atoms with E-state index in [-0.39, 0.29) is 36.5 Å². The van der Waals surface area contributed by atoms with Gasteiger partial charge in [0.1, 0.15) is 5.82 Å². The molecular weight excluding hydrogens is 381 g/mol. The molecule has 1 fully saturated rings. The SMILES string of the molecule is CCOc1ccc(C2CCC(OCc3ccc(C(C)O)c(F)c3)CC2)c(F)c1F. The number of aliphatic hydroxyl groups excluding tert-OH is 1. The van der Waals surface area contributed by atoms with Gasteiger partial charge in [-0.25, -0.2) is 8.78 Å². The highest BCUT2D eigenvalue weighted by atomic mass is 19.2. The molecule has 2 aromatic carbocycles. The van der Waals surface area contributed by atoms with E-state index in [9.17, 15) is 18.3 Å². The molecule has 1 saturated carbocycles. The van der Waals surface area contributed by atoms with Gasteiger partial charge in [-0.15, -0.1) is 0 Å². The second kappa shape index (κ2) is 9.63. The lowest BCUT2D eigenvalue weighted by Gasteiger charge is -2.29. The smallest absolute Gasteiger partial charge is 0.200 e. The van der Waals surface area contributed by atoms with Crippen LogP contribution in [0.15, 0.2) is 30.3 Å². The summed E-state index contributed by atoms with van der Waals surface area (Å²) in [5, 5.41) is 9.50. The first kappa shape index (κ1) is 21.7. The molecule has 1 aliphatic rings. The molecule has 1 aliphatic carbocycles. The molecule has 29 heavy (non-hydrogen) atoms. The highest BCUT2D eigenvalue weighted by Crippen LogP contribution is 2.37. The second-order valence-electron chi connectivity index (χ2n) is 7.53. The van der Waals surface area contributed by atoms with E-state index >= 15 is 0 Å². The van der Waals surface area contributed by atoms with Crippen LogP contribution in [0.1, 0.15) is 68.2 Å². The first-order valence-corrected chi connectivity index (χ1v) is 10.1. The Balaban J connectivity index is 1.55. The number of benzene rings is 2. The third kappa shape index (κ3) is 5.11. The fourth-order valence-corrected chi connectivity index (χ4v) is 3.88. The van der Waals surface area contributed by atoms with Gasteiger partial charge in [-0.2, -0.15) is 4.39 Å². The zero-order valence-corrected chi connectivity index (χ0v) is 16.8. The van der Waals surface area contributed by atoms with Crippen LogP contribution in [0.5, 0.6) is 5.75 Å². The molecule has 1 atom stereocenters. The summed E-state index contributed by atoms with van der Waals surface area (Å²) in [6.45, 7) is 3.80. The Hall–Kier alpha value is -2.05. The maximum absolute atomic E-state index is 14.4. The van der Waals surface area contributed by atoms with Gasteiger partial charge in [-0.1, -0.05) is 18.2 Å². The molecule has 3 nitrogen and oxygen atoms in total. The Morgan fingerprint density at radius 2 is 1.76 bits per heavy atom. The highest BCUT2D eigenvalue weighted by molar-refractivity contribution is 5.33. The lowest BCUT2D eigenvalue weighted by atomic mass is 9.82. The fourth-order valence-electron chi connectivity index (χ4n) is 3.88. The summed E-state index contributed by atoms with van der Waals surface area (Å²) in [5.41, 5.74) is 1.35. The average molecular weight is 408 g/mol. The number of hydrogen-bond acceptors (Lipinski definition) is 3. The van der Waals surface area contributed by atoms with Gasteiger partial charge in [-0.3, -0.25) is 0 Å². The normalized spacial score (nSPS) is 20.5. The third-order valence-electron chi connectivity index (χ3n) is 5.49. The van der Waals surface area contributed by atoms with Crippen LogP contribution in [0.4, 0.5) is 13.2 Å². The fraction of sp³-hybridized carbons (Fsp3) is 0.478. The van der Waals surface area contributed by atoms with Crippen molar-refractivity contribution in [2.45, 2.75) is 64.3 Å². The quantitative estimate of drug-likeness (QED) is 0.629. The van der Waals surface area contributed by atoms with E-state index < -0.39 is 23.6 Å². The number of hydrogen-bond donors (Lipinski definition) is 1. The molecule has 6 heteroatoms. The van der Waals surface area contributed by atoms with Crippen molar-refractivity contribution in [3.8, 4) is 5.75 Å². The van der Waals surface area contributed by atoms with E-state index in [4.69, 9.17) is 9.47 Å². The van der Waals surface area contributed by atoms with Gasteiger partial charge in [-0.05, 0) is 68.7 Å². The van der Waals surface area contributed by atoms with Crippen LogP contribution < -0.4 is 4.74 Å². The Bertz CT molecular complexity index is 830. The van der Waals surface area contributed by atoms with E-state index in [1.807, 2.05) is 0 Å². The maximum atomic E-state index is 14.4. The summed E-state index contributed by atoms with van der Waals surface area (Å²) in [6, 6.07) is 7.80. The van der Waals surface area contributed by atoms with Crippen LogP contribution in [-0.4, -0.2) is 17.8 Å². The predicted molar refractivity (Wildman–Crippen MR) is 104 cm³/mol. The van der Waals surface area contributed by atoms with Crippen molar-refractivity contribution in [2.24, 2.45) is 0 Å². The van der Waals surface area contributed by atoms with Crippen molar-refractivity contribution >= 4 is 0 Å². The van der Waals surface area contributed by atoms with Crippen molar-refractivity contribution in [3.05, 3.63) is 64.5 Å². The van der Waals surface area contributed by atoms with Gasteiger partial charge in [0.2, 0.25) is 5.82 Å². The lowest BCUT2D eigenvalue weighted by molar-refractivity contribution is 0.0129. The number of rotatable bonds is 7. The molecule has 2 aromatic rings. The summed E-state index contributed by atoms with van der Waals surface area (Å²) >= 11 is 0. The zero-order chi connectivity index (χ0) is 21.0. The van der Waals surface area contributed by atoms with Gasteiger partial charge in [0.25, 0.3) is 0 Å². The third-order valence-corrected chi connectivity index (χ3v) is 5.49. The lowest BCUT2D eigenvalue weighted by Crippen LogP contribution is -2.21. The molecule has 1 unspecified atom stereocenters. The van der Waals surface area contributed by atoms with Crippen LogP contribution in [-0.2, 0) is 11.3 Å². The van der Waals surface area contributed by atoms with Crippen molar-refractivity contribution in [3.63, 3.8) is 0 Å². The molecule has 0 saturated heterocycles. The minimum Gasteiger partial charge on any atom is -0.491 e. The number of halogens is 3. The van der Waals surface area contributed by atoms with E-state index in [0.29, 0.717) is 24.0 Å². The largest absolute Gasteiger partial charge is 0.491 e. The van der Waals surface area contributed by atoms with Gasteiger partial charge >= 0.3 is 0 Å². The van der Waals surface area contributed by atoms with Crippen LogP contribution in [0.3, 0.4) is 0 Å². The summed E-state index contributed by atoms with van der Waals surface area (Å²) in [5.74, 6) is -2.31. The van der Waals surface area contributed by atoms with Gasteiger partial charge < -0.3 is 14.6 Å². The van der Waals surface area contributed by atoms with Crippen molar-refractivity contribution in [1.82, 2.24) is 0 Å². The first-order valence-electron chi connectivity index (χ1n) is 10.1. The van der Waals surface area contributed by atoms with E-state index in [2.05, 4.69) is 0 Å². The van der Waals surface area contributed by atoms with Crippen LogP contribution in [0.25, 0.3) is 0 Å². The summed E-state index contributed by atoms with van der Waals surface area (Å²) in [6.07, 6.45) is 2.00. The Morgan fingerprint density at radius 3 is 2.38 bits per heavy atom. The van der Waals surface area contributed by atoms with Crippen LogP contribution in [0.2, 0.25) is 0 Å². The first-order chi connectivity index (χ1) is 13.9. The monoisotopic (exact) mass is 408 g/mol. The molecule has 0 aliphatic heterocycles. The topological polar surface area (TPSA) is 38.7 Å². The Morgan fingerprint density at radius 1 is 1.03 bits per heavy atom. The predicted octanol–water partition coefficient (Wildman–Crippen LogP) is 5.80. The summed E-state index contributed by atoms with van der Waals surface area (Å²) in [4.78, 5) is 0. The van der Waals surface area contributed by atoms with Crippen LogP contribution in [0, 0.1) is 17.5 Å². The van der Waals surface area contributed by atoms with E-state index in [1.54, 1.807) is 25.1 Å². The molecule has 0 spiro atoms. The molecule has 158 valence electrons. The van der Waals surface area contributed by atoms with Crippen molar-refractivity contribution < 1.29 is 27.8 Å². The van der Waals surface area contributed by atoms with E-state index in [1.165, 1.54) is 19.1 Å². The average Bonchev–Trinajstić information content (AvgIpc) is 2.70. The molecule has 0 bridgehead atoms. The zero-order valence-electron chi connectivity index (χ0n) is 16.8. The van der Waals surface area contributed by atoms with Gasteiger partial charge in [0.05, 0.1) is 25.4 Å². The molecule has 1 N–H and O–H groups in total. The van der Waals surface area contributed by atoms with Crippen molar-refractivity contribution in [2.75, 3.05) is 6.61 Å². The van der Waals surface area contributed by atoms with E-state index in [0.717, 1.165) is 12.8 Å². The highest BCUT2D eigenvalue weighted by Gasteiger charge is 2.27. The number of ether oxygens (including phenoxy) is 2. The molecule has 0 aromatic heterocycles. The second-order valence-corrected chi connectivity index (χ2v) is 7.53. The molecule has 0 radical (unpaired) electrons. The molecule has 3 rings (SSSR count). The number of aliphatic hydroxyl groups is 1. The van der Waals surface area contributed by atoms with Gasteiger partial charge in [0.15, 0.2) is 11.6 Å². The molecule has 0 amide bonds. The minimum absolute atomic E-state index is 0.00126. The minimum atomic E-state index is -0.926. The van der Waals surface area contributed by atoms with Crippen molar-refractivity contribution in [1.29, 1.82) is 0 Å². The maximum Gasteiger partial charge on any atom is 0.200 e.